The Morgan fingerprint density at radius 3 is 2.75 bits per heavy atom. The van der Waals surface area contributed by atoms with E-state index in [1.807, 2.05) is 0 Å². The first-order valence-corrected chi connectivity index (χ1v) is 7.79. The zero-order valence-electron chi connectivity index (χ0n) is 12.9. The fourth-order valence-electron chi connectivity index (χ4n) is 2.37. The van der Waals surface area contributed by atoms with Gasteiger partial charge in [0.05, 0.1) is 11.0 Å². The van der Waals surface area contributed by atoms with Gasteiger partial charge in [-0.25, -0.2) is 0 Å². The van der Waals surface area contributed by atoms with E-state index in [4.69, 9.17) is 12.2 Å². The Morgan fingerprint density at radius 2 is 2.05 bits per heavy atom. The van der Waals surface area contributed by atoms with Gasteiger partial charge in [-0.15, -0.1) is 0 Å². The summed E-state index contributed by atoms with van der Waals surface area (Å²) in [5.74, 6) is 0. The summed E-state index contributed by atoms with van der Waals surface area (Å²) in [6.45, 7) is 8.73. The predicted molar refractivity (Wildman–Crippen MR) is 88.9 cm³/mol. The first-order chi connectivity index (χ1) is 9.49. The zero-order chi connectivity index (χ0) is 14.7. The minimum atomic E-state index is 0.618. The monoisotopic (exact) mass is 291 g/mol. The first kappa shape index (κ1) is 15.3. The summed E-state index contributed by atoms with van der Waals surface area (Å²) >= 11 is 5.44. The van der Waals surface area contributed by atoms with Crippen molar-refractivity contribution in [1.29, 1.82) is 0 Å². The van der Waals surface area contributed by atoms with Crippen molar-refractivity contribution >= 4 is 23.3 Å². The fraction of sp³-hybridized carbons (Fsp3) is 0.562. The van der Waals surface area contributed by atoms with Crippen molar-refractivity contribution in [2.24, 2.45) is 0 Å². The molecule has 0 radical (unpaired) electrons. The number of nitrogens with zero attached hydrogens (tertiary/aromatic N) is 2. The van der Waals surface area contributed by atoms with E-state index in [2.05, 4.69) is 60.5 Å². The van der Waals surface area contributed by atoms with Crippen molar-refractivity contribution in [3.63, 3.8) is 0 Å². The van der Waals surface area contributed by atoms with E-state index < -0.39 is 0 Å². The number of nitrogens with one attached hydrogen (secondary N) is 1. The SMILES string of the molecule is Cc1ccc2[nH]c(=S)n(CCCCN(C)C(C)C)c2c1. The van der Waals surface area contributed by atoms with E-state index >= 15 is 0 Å². The molecule has 20 heavy (non-hydrogen) atoms. The highest BCUT2D eigenvalue weighted by atomic mass is 32.1. The Bertz CT molecular complexity index is 624. The maximum Gasteiger partial charge on any atom is 0.178 e. The number of hydrogen-bond donors (Lipinski definition) is 1. The zero-order valence-corrected chi connectivity index (χ0v) is 13.8. The number of aryl methyl sites for hydroxylation is 2. The van der Waals surface area contributed by atoms with Gasteiger partial charge in [0.15, 0.2) is 4.77 Å². The van der Waals surface area contributed by atoms with Crippen LogP contribution in [0.15, 0.2) is 18.2 Å². The van der Waals surface area contributed by atoms with E-state index in [0.717, 1.165) is 29.8 Å². The molecule has 4 heteroatoms. The summed E-state index contributed by atoms with van der Waals surface area (Å²) in [6, 6.07) is 7.06. The lowest BCUT2D eigenvalue weighted by Gasteiger charge is -2.20. The third-order valence-electron chi connectivity index (χ3n) is 3.95. The molecule has 0 aliphatic carbocycles. The molecule has 2 rings (SSSR count). The second-order valence-corrected chi connectivity index (χ2v) is 6.27. The molecule has 0 bridgehead atoms. The molecule has 1 heterocycles. The van der Waals surface area contributed by atoms with Crippen LogP contribution in [-0.2, 0) is 6.54 Å². The van der Waals surface area contributed by atoms with Crippen molar-refractivity contribution in [3.8, 4) is 0 Å². The van der Waals surface area contributed by atoms with Crippen molar-refractivity contribution in [3.05, 3.63) is 28.5 Å². The Hall–Kier alpha value is -1.13. The number of aromatic amines is 1. The van der Waals surface area contributed by atoms with Gasteiger partial charge in [-0.05, 0) is 77.1 Å². The van der Waals surface area contributed by atoms with Crippen LogP contribution in [0.25, 0.3) is 11.0 Å². The van der Waals surface area contributed by atoms with Crippen molar-refractivity contribution in [2.45, 2.75) is 46.2 Å². The largest absolute Gasteiger partial charge is 0.331 e. The lowest BCUT2D eigenvalue weighted by atomic mass is 10.2. The topological polar surface area (TPSA) is 24.0 Å². The number of fused-ring (bicyclic) bond motifs is 1. The molecule has 1 aromatic heterocycles. The van der Waals surface area contributed by atoms with Crippen LogP contribution < -0.4 is 0 Å². The lowest BCUT2D eigenvalue weighted by Crippen LogP contribution is -2.27. The highest BCUT2D eigenvalue weighted by Crippen LogP contribution is 2.16. The van der Waals surface area contributed by atoms with E-state index in [-0.39, 0.29) is 0 Å². The minimum Gasteiger partial charge on any atom is -0.331 e. The number of unbranched alkanes of at least 4 members (excludes halogenated alkanes) is 1. The molecule has 0 saturated heterocycles. The third-order valence-corrected chi connectivity index (χ3v) is 4.28. The molecule has 1 aromatic carbocycles. The number of rotatable bonds is 6. The molecule has 110 valence electrons. The molecule has 2 aromatic rings. The van der Waals surface area contributed by atoms with Crippen molar-refractivity contribution in [1.82, 2.24) is 14.5 Å². The van der Waals surface area contributed by atoms with Gasteiger partial charge in [-0.1, -0.05) is 6.07 Å². The summed E-state index contributed by atoms with van der Waals surface area (Å²) in [5, 5.41) is 0. The molecule has 0 atom stereocenters. The van der Waals surface area contributed by atoms with Crippen molar-refractivity contribution in [2.75, 3.05) is 13.6 Å². The summed E-state index contributed by atoms with van der Waals surface area (Å²) in [5.41, 5.74) is 3.65. The van der Waals surface area contributed by atoms with Crippen LogP contribution in [0, 0.1) is 11.7 Å². The van der Waals surface area contributed by atoms with Crippen LogP contribution in [0.4, 0.5) is 0 Å². The third kappa shape index (κ3) is 3.49. The molecular weight excluding hydrogens is 266 g/mol. The molecule has 1 N–H and O–H groups in total. The van der Waals surface area contributed by atoms with Crippen LogP contribution >= 0.6 is 12.2 Å². The van der Waals surface area contributed by atoms with Crippen LogP contribution in [0.1, 0.15) is 32.3 Å². The Balaban J connectivity index is 2.01. The Kier molecular flexibility index (Phi) is 5.00. The molecule has 0 amide bonds. The number of hydrogen-bond acceptors (Lipinski definition) is 2. The maximum absolute atomic E-state index is 5.44. The fourth-order valence-corrected chi connectivity index (χ4v) is 2.67. The lowest BCUT2D eigenvalue weighted by molar-refractivity contribution is 0.266. The second kappa shape index (κ2) is 6.55. The van der Waals surface area contributed by atoms with Gasteiger partial charge in [-0.3, -0.25) is 0 Å². The molecular formula is C16H25N3S. The highest BCUT2D eigenvalue weighted by molar-refractivity contribution is 7.71. The van der Waals surface area contributed by atoms with Gasteiger partial charge < -0.3 is 14.5 Å². The molecule has 0 fully saturated rings. The highest BCUT2D eigenvalue weighted by Gasteiger charge is 2.05. The number of H-pyrrole nitrogens is 1. The van der Waals surface area contributed by atoms with Crippen LogP contribution in [-0.4, -0.2) is 34.1 Å². The smallest absolute Gasteiger partial charge is 0.178 e. The maximum atomic E-state index is 5.44. The number of aromatic nitrogens is 2. The second-order valence-electron chi connectivity index (χ2n) is 5.88. The van der Waals surface area contributed by atoms with Gasteiger partial charge in [0.25, 0.3) is 0 Å². The van der Waals surface area contributed by atoms with E-state index in [1.54, 1.807) is 0 Å². The van der Waals surface area contributed by atoms with Crippen LogP contribution in [0.3, 0.4) is 0 Å². The first-order valence-electron chi connectivity index (χ1n) is 7.38. The minimum absolute atomic E-state index is 0.618. The molecule has 0 aliphatic rings. The van der Waals surface area contributed by atoms with Gasteiger partial charge in [0.1, 0.15) is 0 Å². The van der Waals surface area contributed by atoms with E-state index in [1.165, 1.54) is 17.5 Å². The average Bonchev–Trinajstić information content (AvgIpc) is 2.70. The van der Waals surface area contributed by atoms with E-state index in [0.29, 0.717) is 6.04 Å². The average molecular weight is 291 g/mol. The summed E-state index contributed by atoms with van der Waals surface area (Å²) in [6.07, 6.45) is 2.36. The van der Waals surface area contributed by atoms with Crippen LogP contribution in [0.2, 0.25) is 0 Å². The summed E-state index contributed by atoms with van der Waals surface area (Å²) in [7, 11) is 2.19. The van der Waals surface area contributed by atoms with Crippen molar-refractivity contribution < 1.29 is 0 Å². The Morgan fingerprint density at radius 1 is 1.30 bits per heavy atom. The summed E-state index contributed by atoms with van der Waals surface area (Å²) in [4.78, 5) is 5.68. The normalized spacial score (nSPS) is 11.9. The number of imidazole rings is 1. The standard InChI is InChI=1S/C16H25N3S/c1-12(2)18(4)9-5-6-10-19-15-11-13(3)7-8-14(15)17-16(19)20/h7-8,11-12H,5-6,9-10H2,1-4H3,(H,17,20). The van der Waals surface area contributed by atoms with Gasteiger partial charge in [0.2, 0.25) is 0 Å². The number of benzene rings is 1. The van der Waals surface area contributed by atoms with Gasteiger partial charge in [-0.2, -0.15) is 0 Å². The molecule has 0 saturated carbocycles. The van der Waals surface area contributed by atoms with E-state index in [9.17, 15) is 0 Å². The molecule has 0 spiro atoms. The summed E-state index contributed by atoms with van der Waals surface area (Å²) < 4.78 is 3.07. The quantitative estimate of drug-likeness (QED) is 0.639. The molecule has 0 unspecified atom stereocenters. The van der Waals surface area contributed by atoms with Gasteiger partial charge >= 0.3 is 0 Å². The van der Waals surface area contributed by atoms with Gasteiger partial charge in [0, 0.05) is 12.6 Å². The Labute approximate surface area is 126 Å². The molecule has 3 nitrogen and oxygen atoms in total. The van der Waals surface area contributed by atoms with Crippen LogP contribution in [0.5, 0.6) is 0 Å². The predicted octanol–water partition coefficient (Wildman–Crippen LogP) is 4.13. The molecule has 0 aliphatic heterocycles.